The van der Waals surface area contributed by atoms with Gasteiger partial charge < -0.3 is 10.4 Å². The molecule has 2 N–H and O–H groups in total. The van der Waals surface area contributed by atoms with Crippen LogP contribution in [0.15, 0.2) is 6.07 Å². The van der Waals surface area contributed by atoms with Crippen LogP contribution >= 0.6 is 0 Å². The van der Waals surface area contributed by atoms with Gasteiger partial charge in [0, 0.05) is 11.7 Å². The lowest BCUT2D eigenvalue weighted by atomic mass is 9.83. The predicted molar refractivity (Wildman–Crippen MR) is 84.9 cm³/mol. The molecule has 1 aromatic rings. The van der Waals surface area contributed by atoms with Gasteiger partial charge in [-0.1, -0.05) is 19.8 Å². The van der Waals surface area contributed by atoms with Crippen LogP contribution in [0.1, 0.15) is 67.1 Å². The smallest absolute Gasteiger partial charge is 0.339 e. The fraction of sp³-hybridized carbons (Fsp3) is 0.647. The van der Waals surface area contributed by atoms with Crippen LogP contribution in [0, 0.1) is 19.8 Å². The second-order valence-electron chi connectivity index (χ2n) is 6.26. The number of rotatable bonds is 5. The van der Waals surface area contributed by atoms with Gasteiger partial charge in [0.2, 0.25) is 0 Å². The molecule has 0 spiro atoms. The molecule has 0 bridgehead atoms. The highest BCUT2D eigenvalue weighted by molar-refractivity contribution is 5.94. The van der Waals surface area contributed by atoms with Gasteiger partial charge in [-0.05, 0) is 57.1 Å². The largest absolute Gasteiger partial charge is 0.478 e. The molecule has 0 unspecified atom stereocenters. The average molecular weight is 290 g/mol. The zero-order valence-electron chi connectivity index (χ0n) is 13.3. The van der Waals surface area contributed by atoms with Gasteiger partial charge >= 0.3 is 5.97 Å². The summed E-state index contributed by atoms with van der Waals surface area (Å²) in [4.78, 5) is 15.9. The Labute approximate surface area is 127 Å². The van der Waals surface area contributed by atoms with Crippen molar-refractivity contribution in [1.29, 1.82) is 0 Å². The second kappa shape index (κ2) is 6.92. The highest BCUT2D eigenvalue weighted by atomic mass is 16.4. The molecule has 0 atom stereocenters. The number of hydrogen-bond donors (Lipinski definition) is 2. The summed E-state index contributed by atoms with van der Waals surface area (Å²) in [5.41, 5.74) is 1.95. The molecule has 2 rings (SSSR count). The van der Waals surface area contributed by atoms with E-state index in [-0.39, 0.29) is 0 Å². The minimum absolute atomic E-state index is 0.316. The maximum atomic E-state index is 11.5. The lowest BCUT2D eigenvalue weighted by molar-refractivity contribution is 0.0696. The summed E-state index contributed by atoms with van der Waals surface area (Å²) < 4.78 is 0. The zero-order valence-corrected chi connectivity index (χ0v) is 13.3. The number of aromatic nitrogens is 1. The molecule has 116 valence electrons. The molecule has 4 nitrogen and oxygen atoms in total. The van der Waals surface area contributed by atoms with E-state index >= 15 is 0 Å². The standard InChI is InChI=1S/C17H26N2O2/c1-4-5-13-6-8-14(9-7-13)19-16-15(17(20)21)11(2)10-12(3)18-16/h10,13-14H,4-9H2,1-3H3,(H,18,19)(H,20,21). The summed E-state index contributed by atoms with van der Waals surface area (Å²) in [5, 5.41) is 12.8. The van der Waals surface area contributed by atoms with E-state index in [1.165, 1.54) is 25.7 Å². The molecule has 0 amide bonds. The summed E-state index contributed by atoms with van der Waals surface area (Å²) >= 11 is 0. The van der Waals surface area contributed by atoms with Crippen LogP contribution in [0.2, 0.25) is 0 Å². The summed E-state index contributed by atoms with van der Waals surface area (Å²) in [7, 11) is 0. The van der Waals surface area contributed by atoms with E-state index in [9.17, 15) is 9.90 Å². The third kappa shape index (κ3) is 3.96. The quantitative estimate of drug-likeness (QED) is 0.854. The highest BCUT2D eigenvalue weighted by Crippen LogP contribution is 2.30. The van der Waals surface area contributed by atoms with Crippen molar-refractivity contribution in [2.75, 3.05) is 5.32 Å². The number of aromatic carboxylic acids is 1. The van der Waals surface area contributed by atoms with Crippen molar-refractivity contribution in [2.24, 2.45) is 5.92 Å². The number of nitrogens with zero attached hydrogens (tertiary/aromatic N) is 1. The Bertz CT molecular complexity index is 506. The van der Waals surface area contributed by atoms with E-state index in [1.807, 2.05) is 19.9 Å². The summed E-state index contributed by atoms with van der Waals surface area (Å²) in [6.07, 6.45) is 7.26. The number of hydrogen-bond acceptors (Lipinski definition) is 3. The van der Waals surface area contributed by atoms with Crippen LogP contribution in [0.3, 0.4) is 0 Å². The van der Waals surface area contributed by atoms with Crippen molar-refractivity contribution in [1.82, 2.24) is 4.98 Å². The van der Waals surface area contributed by atoms with Gasteiger partial charge in [0.05, 0.1) is 0 Å². The van der Waals surface area contributed by atoms with Crippen LogP contribution in [0.25, 0.3) is 0 Å². The molecule has 0 radical (unpaired) electrons. The van der Waals surface area contributed by atoms with Gasteiger partial charge in [-0.25, -0.2) is 9.78 Å². The van der Waals surface area contributed by atoms with Gasteiger partial charge in [-0.15, -0.1) is 0 Å². The lowest BCUT2D eigenvalue weighted by Gasteiger charge is -2.29. The van der Waals surface area contributed by atoms with Crippen molar-refractivity contribution < 1.29 is 9.90 Å². The molecule has 1 heterocycles. The highest BCUT2D eigenvalue weighted by Gasteiger charge is 2.23. The number of pyridine rings is 1. The van der Waals surface area contributed by atoms with E-state index in [0.717, 1.165) is 30.0 Å². The molecule has 0 saturated heterocycles. The zero-order chi connectivity index (χ0) is 15.4. The Hall–Kier alpha value is -1.58. The van der Waals surface area contributed by atoms with Crippen molar-refractivity contribution >= 4 is 11.8 Å². The first-order chi connectivity index (χ1) is 10.0. The first-order valence-electron chi connectivity index (χ1n) is 7.99. The monoisotopic (exact) mass is 290 g/mol. The molecular formula is C17H26N2O2. The normalized spacial score (nSPS) is 22.0. The lowest BCUT2D eigenvalue weighted by Crippen LogP contribution is -2.27. The van der Waals surface area contributed by atoms with Crippen LogP contribution in [-0.4, -0.2) is 22.1 Å². The van der Waals surface area contributed by atoms with Crippen LogP contribution in [0.5, 0.6) is 0 Å². The molecule has 1 fully saturated rings. The fourth-order valence-electron chi connectivity index (χ4n) is 3.41. The summed E-state index contributed by atoms with van der Waals surface area (Å²) in [5.74, 6) is 0.486. The molecule has 1 aliphatic rings. The number of aryl methyl sites for hydroxylation is 2. The first kappa shape index (κ1) is 15.8. The third-order valence-corrected chi connectivity index (χ3v) is 4.44. The first-order valence-corrected chi connectivity index (χ1v) is 7.99. The van der Waals surface area contributed by atoms with Crippen molar-refractivity contribution in [3.63, 3.8) is 0 Å². The molecule has 21 heavy (non-hydrogen) atoms. The van der Waals surface area contributed by atoms with Gasteiger partial charge in [-0.3, -0.25) is 0 Å². The summed E-state index contributed by atoms with van der Waals surface area (Å²) in [6.45, 7) is 5.98. The number of carboxylic acids is 1. The molecule has 0 aliphatic heterocycles. The van der Waals surface area contributed by atoms with Gasteiger partial charge in [0.15, 0.2) is 0 Å². The van der Waals surface area contributed by atoms with Gasteiger partial charge in [-0.2, -0.15) is 0 Å². The Morgan fingerprint density at radius 2 is 2.00 bits per heavy atom. The Morgan fingerprint density at radius 1 is 1.33 bits per heavy atom. The molecule has 1 aliphatic carbocycles. The molecule has 0 aromatic carbocycles. The van der Waals surface area contributed by atoms with Gasteiger partial charge in [0.25, 0.3) is 0 Å². The van der Waals surface area contributed by atoms with Crippen LogP contribution < -0.4 is 5.32 Å². The molecule has 4 heteroatoms. The third-order valence-electron chi connectivity index (χ3n) is 4.44. The van der Waals surface area contributed by atoms with E-state index in [0.29, 0.717) is 17.4 Å². The topological polar surface area (TPSA) is 62.2 Å². The van der Waals surface area contributed by atoms with Crippen molar-refractivity contribution in [3.05, 3.63) is 22.9 Å². The number of carbonyl (C=O) groups is 1. The van der Waals surface area contributed by atoms with Crippen LogP contribution in [-0.2, 0) is 0 Å². The molecule has 1 saturated carbocycles. The van der Waals surface area contributed by atoms with Crippen molar-refractivity contribution in [2.45, 2.75) is 65.3 Å². The second-order valence-corrected chi connectivity index (χ2v) is 6.26. The summed E-state index contributed by atoms with van der Waals surface area (Å²) in [6, 6.07) is 2.18. The fourth-order valence-corrected chi connectivity index (χ4v) is 3.41. The van der Waals surface area contributed by atoms with Crippen LogP contribution in [0.4, 0.5) is 5.82 Å². The van der Waals surface area contributed by atoms with Crippen molar-refractivity contribution in [3.8, 4) is 0 Å². The Kier molecular flexibility index (Phi) is 5.21. The van der Waals surface area contributed by atoms with E-state index in [1.54, 1.807) is 0 Å². The minimum Gasteiger partial charge on any atom is -0.478 e. The Balaban J connectivity index is 2.08. The SMILES string of the molecule is CCCC1CCC(Nc2nc(C)cc(C)c2C(=O)O)CC1. The predicted octanol–water partition coefficient (Wildman–Crippen LogP) is 4.17. The number of anilines is 1. The number of carboxylic acid groups (broad SMARTS) is 1. The maximum absolute atomic E-state index is 11.5. The van der Waals surface area contributed by atoms with E-state index < -0.39 is 5.97 Å². The van der Waals surface area contributed by atoms with Gasteiger partial charge in [0.1, 0.15) is 11.4 Å². The van der Waals surface area contributed by atoms with E-state index in [4.69, 9.17) is 0 Å². The molecule has 1 aromatic heterocycles. The molecular weight excluding hydrogens is 264 g/mol. The Morgan fingerprint density at radius 3 is 2.57 bits per heavy atom. The van der Waals surface area contributed by atoms with E-state index in [2.05, 4.69) is 17.2 Å². The minimum atomic E-state index is -0.901. The maximum Gasteiger partial charge on any atom is 0.339 e. The average Bonchev–Trinajstić information content (AvgIpc) is 2.40. The number of nitrogens with one attached hydrogen (secondary N) is 1.